The minimum Gasteiger partial charge on any atom is -0.352 e. The van der Waals surface area contributed by atoms with Gasteiger partial charge < -0.3 is 10.2 Å². The molecule has 1 aliphatic carbocycles. The van der Waals surface area contributed by atoms with Gasteiger partial charge in [-0.15, -0.1) is 11.8 Å². The van der Waals surface area contributed by atoms with Crippen LogP contribution in [0.15, 0.2) is 54.6 Å². The molecule has 3 rings (SSSR count). The topological polar surface area (TPSA) is 49.4 Å². The highest BCUT2D eigenvalue weighted by Gasteiger charge is 2.27. The maximum Gasteiger partial charge on any atom is 0.242 e. The summed E-state index contributed by atoms with van der Waals surface area (Å²) in [4.78, 5) is 28.0. The molecule has 0 spiro atoms. The second-order valence-corrected chi connectivity index (χ2v) is 9.75. The van der Waals surface area contributed by atoms with Crippen molar-refractivity contribution in [2.45, 2.75) is 70.2 Å². The highest BCUT2D eigenvalue weighted by molar-refractivity contribution is 7.99. The van der Waals surface area contributed by atoms with Crippen molar-refractivity contribution in [3.8, 4) is 0 Å². The molecule has 2 aromatic rings. The van der Waals surface area contributed by atoms with Crippen LogP contribution in [-0.2, 0) is 21.8 Å². The van der Waals surface area contributed by atoms with Crippen molar-refractivity contribution < 1.29 is 9.59 Å². The van der Waals surface area contributed by atoms with Crippen LogP contribution in [0, 0.1) is 6.92 Å². The van der Waals surface area contributed by atoms with Gasteiger partial charge in [-0.2, -0.15) is 0 Å². The van der Waals surface area contributed by atoms with Crippen molar-refractivity contribution in [1.29, 1.82) is 0 Å². The third-order valence-corrected chi connectivity index (χ3v) is 7.31. The summed E-state index contributed by atoms with van der Waals surface area (Å²) in [6.07, 6.45) is 6.43. The van der Waals surface area contributed by atoms with Crippen molar-refractivity contribution in [2.24, 2.45) is 0 Å². The monoisotopic (exact) mass is 452 g/mol. The van der Waals surface area contributed by atoms with Gasteiger partial charge in [0.2, 0.25) is 11.8 Å². The standard InChI is InChI=1S/C27H36N2O2S/c1-21-11-9-10-14-24(21)19-32-20-26(30)29(18-17-23-12-5-3-6-13-23)22(2)27(31)28-25-15-7-4-8-16-25/h3,5-6,9-14,22,25H,4,7-8,15-20H2,1-2H3,(H,28,31)/t22-/m0/s1. The summed E-state index contributed by atoms with van der Waals surface area (Å²) in [5.41, 5.74) is 3.68. The number of nitrogens with one attached hydrogen (secondary N) is 1. The fourth-order valence-corrected chi connectivity index (χ4v) is 5.23. The van der Waals surface area contributed by atoms with Crippen LogP contribution >= 0.6 is 11.8 Å². The predicted molar refractivity (Wildman–Crippen MR) is 134 cm³/mol. The average Bonchev–Trinajstić information content (AvgIpc) is 2.81. The van der Waals surface area contributed by atoms with E-state index in [0.29, 0.717) is 12.3 Å². The van der Waals surface area contributed by atoms with E-state index in [9.17, 15) is 9.59 Å². The lowest BCUT2D eigenvalue weighted by molar-refractivity contribution is -0.138. The third kappa shape index (κ3) is 7.40. The molecular weight excluding hydrogens is 416 g/mol. The number of hydrogen-bond donors (Lipinski definition) is 1. The van der Waals surface area contributed by atoms with Gasteiger partial charge in [0.25, 0.3) is 0 Å². The first-order valence-electron chi connectivity index (χ1n) is 11.8. The van der Waals surface area contributed by atoms with Gasteiger partial charge in [-0.05, 0) is 49.8 Å². The summed E-state index contributed by atoms with van der Waals surface area (Å²) in [6.45, 7) is 4.52. The first kappa shape index (κ1) is 24.4. The van der Waals surface area contributed by atoms with E-state index < -0.39 is 6.04 Å². The summed E-state index contributed by atoms with van der Waals surface area (Å²) < 4.78 is 0. The number of rotatable bonds is 10. The number of carbonyl (C=O) groups excluding carboxylic acids is 2. The number of amides is 2. The predicted octanol–water partition coefficient (Wildman–Crippen LogP) is 5.14. The van der Waals surface area contributed by atoms with Crippen LogP contribution in [0.5, 0.6) is 0 Å². The first-order valence-corrected chi connectivity index (χ1v) is 13.0. The Balaban J connectivity index is 1.60. The van der Waals surface area contributed by atoms with E-state index in [0.717, 1.165) is 25.0 Å². The number of carbonyl (C=O) groups is 2. The van der Waals surface area contributed by atoms with Crippen LogP contribution in [0.1, 0.15) is 55.7 Å². The molecule has 1 fully saturated rings. The van der Waals surface area contributed by atoms with Crippen molar-refractivity contribution >= 4 is 23.6 Å². The summed E-state index contributed by atoms with van der Waals surface area (Å²) in [5.74, 6) is 1.19. The van der Waals surface area contributed by atoms with Gasteiger partial charge in [-0.1, -0.05) is 73.9 Å². The number of benzene rings is 2. The van der Waals surface area contributed by atoms with Gasteiger partial charge in [0.05, 0.1) is 5.75 Å². The Hall–Kier alpha value is -2.27. The highest BCUT2D eigenvalue weighted by atomic mass is 32.2. The van der Waals surface area contributed by atoms with Gasteiger partial charge in [0.15, 0.2) is 0 Å². The molecule has 0 radical (unpaired) electrons. The van der Waals surface area contributed by atoms with E-state index in [1.54, 1.807) is 16.7 Å². The summed E-state index contributed by atoms with van der Waals surface area (Å²) in [7, 11) is 0. The molecule has 1 N–H and O–H groups in total. The molecule has 32 heavy (non-hydrogen) atoms. The van der Waals surface area contributed by atoms with Crippen LogP contribution in [-0.4, -0.2) is 41.1 Å². The smallest absolute Gasteiger partial charge is 0.242 e. The number of hydrogen-bond acceptors (Lipinski definition) is 3. The van der Waals surface area contributed by atoms with Crippen LogP contribution in [0.4, 0.5) is 0 Å². The first-order chi connectivity index (χ1) is 15.5. The van der Waals surface area contributed by atoms with E-state index in [2.05, 4.69) is 36.5 Å². The molecule has 1 aliphatic rings. The van der Waals surface area contributed by atoms with Crippen molar-refractivity contribution in [3.63, 3.8) is 0 Å². The molecule has 0 aliphatic heterocycles. The zero-order valence-electron chi connectivity index (χ0n) is 19.4. The van der Waals surface area contributed by atoms with Crippen molar-refractivity contribution in [1.82, 2.24) is 10.2 Å². The zero-order chi connectivity index (χ0) is 22.8. The Morgan fingerprint density at radius 1 is 1.03 bits per heavy atom. The van der Waals surface area contributed by atoms with E-state index in [-0.39, 0.29) is 17.9 Å². The summed E-state index contributed by atoms with van der Waals surface area (Å²) >= 11 is 1.62. The Kier molecular flexibility index (Phi) is 9.66. The number of thioether (sulfide) groups is 1. The van der Waals surface area contributed by atoms with Gasteiger partial charge in [0.1, 0.15) is 6.04 Å². The lowest BCUT2D eigenvalue weighted by Gasteiger charge is -2.31. The second-order valence-electron chi connectivity index (χ2n) is 8.76. The maximum atomic E-state index is 13.2. The molecule has 0 aromatic heterocycles. The van der Waals surface area contributed by atoms with Crippen LogP contribution in [0.25, 0.3) is 0 Å². The molecule has 0 unspecified atom stereocenters. The maximum absolute atomic E-state index is 13.2. The lowest BCUT2D eigenvalue weighted by Crippen LogP contribution is -2.51. The minimum absolute atomic E-state index is 0.0257. The molecule has 0 saturated heterocycles. The second kappa shape index (κ2) is 12.7. The van der Waals surface area contributed by atoms with E-state index >= 15 is 0 Å². The minimum atomic E-state index is -0.466. The van der Waals surface area contributed by atoms with E-state index in [1.807, 2.05) is 37.3 Å². The number of aryl methyl sites for hydroxylation is 1. The van der Waals surface area contributed by atoms with Gasteiger partial charge >= 0.3 is 0 Å². The van der Waals surface area contributed by atoms with E-state index in [1.165, 1.54) is 36.0 Å². The number of nitrogens with zero attached hydrogens (tertiary/aromatic N) is 1. The molecule has 1 saturated carbocycles. The molecule has 172 valence electrons. The van der Waals surface area contributed by atoms with Crippen LogP contribution in [0.3, 0.4) is 0 Å². The summed E-state index contributed by atoms with van der Waals surface area (Å²) in [5, 5.41) is 3.20. The van der Waals surface area contributed by atoms with Crippen LogP contribution < -0.4 is 5.32 Å². The third-order valence-electron chi connectivity index (χ3n) is 6.35. The Morgan fingerprint density at radius 3 is 2.44 bits per heavy atom. The molecule has 0 heterocycles. The molecule has 0 bridgehead atoms. The SMILES string of the molecule is Cc1ccccc1CSCC(=O)N(CCc1ccccc1)[C@@H](C)C(=O)NC1CCCCC1. The van der Waals surface area contributed by atoms with Crippen molar-refractivity contribution in [3.05, 3.63) is 71.3 Å². The largest absolute Gasteiger partial charge is 0.352 e. The molecule has 2 amide bonds. The molecule has 2 aromatic carbocycles. The van der Waals surface area contributed by atoms with Crippen molar-refractivity contribution in [2.75, 3.05) is 12.3 Å². The fourth-order valence-electron chi connectivity index (χ4n) is 4.24. The quantitative estimate of drug-likeness (QED) is 0.543. The Bertz CT molecular complexity index is 865. The van der Waals surface area contributed by atoms with E-state index in [4.69, 9.17) is 0 Å². The fraction of sp³-hybridized carbons (Fsp3) is 0.481. The van der Waals surface area contributed by atoms with Gasteiger partial charge in [-0.3, -0.25) is 9.59 Å². The molecule has 4 nitrogen and oxygen atoms in total. The summed E-state index contributed by atoms with van der Waals surface area (Å²) in [6, 6.07) is 18.2. The Morgan fingerprint density at radius 2 is 1.72 bits per heavy atom. The molecule has 5 heteroatoms. The molecular formula is C27H36N2O2S. The Labute approximate surface area is 197 Å². The normalized spacial score (nSPS) is 15.2. The lowest BCUT2D eigenvalue weighted by atomic mass is 9.95. The van der Waals surface area contributed by atoms with Gasteiger partial charge in [0, 0.05) is 18.3 Å². The van der Waals surface area contributed by atoms with Crippen LogP contribution in [0.2, 0.25) is 0 Å². The molecule has 1 atom stereocenters. The van der Waals surface area contributed by atoms with Gasteiger partial charge in [-0.25, -0.2) is 0 Å². The zero-order valence-corrected chi connectivity index (χ0v) is 20.2. The average molecular weight is 453 g/mol. The highest BCUT2D eigenvalue weighted by Crippen LogP contribution is 2.19.